The Hall–Kier alpha value is -3.43. The van der Waals surface area contributed by atoms with Crippen molar-refractivity contribution < 1.29 is 22.4 Å². The van der Waals surface area contributed by atoms with Gasteiger partial charge in [-0.3, -0.25) is 13.9 Å². The lowest BCUT2D eigenvalue weighted by Gasteiger charge is -2.34. The molecule has 2 atom stereocenters. The number of nitrogens with one attached hydrogen (secondary N) is 1. The van der Waals surface area contributed by atoms with E-state index in [-0.39, 0.29) is 40.5 Å². The third-order valence-electron chi connectivity index (χ3n) is 6.38. The highest BCUT2D eigenvalue weighted by Gasteiger charge is 2.34. The normalized spacial score (nSPS) is 12.8. The van der Waals surface area contributed by atoms with Crippen LogP contribution < -0.4 is 9.62 Å². The molecule has 0 bridgehead atoms. The van der Waals surface area contributed by atoms with Crippen LogP contribution in [-0.2, 0) is 26.2 Å². The fourth-order valence-electron chi connectivity index (χ4n) is 4.03. The number of carbonyl (C=O) groups is 2. The Morgan fingerprint density at radius 3 is 2.13 bits per heavy atom. The van der Waals surface area contributed by atoms with E-state index in [0.29, 0.717) is 12.0 Å². The quantitative estimate of drug-likeness (QED) is 0.314. The van der Waals surface area contributed by atoms with Crippen LogP contribution in [0.15, 0.2) is 83.8 Å². The summed E-state index contributed by atoms with van der Waals surface area (Å²) in [7, 11) is -4.21. The highest BCUT2D eigenvalue weighted by molar-refractivity contribution is 7.92. The molecule has 10 heteroatoms. The van der Waals surface area contributed by atoms with Crippen LogP contribution in [0.3, 0.4) is 0 Å². The summed E-state index contributed by atoms with van der Waals surface area (Å²) < 4.78 is 42.1. The zero-order valence-electron chi connectivity index (χ0n) is 22.2. The zero-order valence-corrected chi connectivity index (χ0v) is 23.8. The Labute approximate surface area is 234 Å². The number of hydrogen-bond acceptors (Lipinski definition) is 4. The topological polar surface area (TPSA) is 86.8 Å². The van der Waals surface area contributed by atoms with Gasteiger partial charge in [0.1, 0.15) is 18.4 Å². The van der Waals surface area contributed by atoms with E-state index in [2.05, 4.69) is 5.32 Å². The van der Waals surface area contributed by atoms with E-state index in [9.17, 15) is 22.4 Å². The molecule has 0 saturated heterocycles. The number of benzene rings is 3. The van der Waals surface area contributed by atoms with E-state index in [0.717, 1.165) is 4.31 Å². The van der Waals surface area contributed by atoms with E-state index >= 15 is 0 Å². The summed E-state index contributed by atoms with van der Waals surface area (Å²) in [6, 6.07) is 18.7. The summed E-state index contributed by atoms with van der Waals surface area (Å²) in [5.41, 5.74) is 0.727. The number of carbonyl (C=O) groups excluding carboxylic acids is 2. The number of para-hydroxylation sites is 1. The minimum atomic E-state index is -4.21. The van der Waals surface area contributed by atoms with Gasteiger partial charge < -0.3 is 10.2 Å². The average Bonchev–Trinajstić information content (AvgIpc) is 2.93. The van der Waals surface area contributed by atoms with E-state index in [1.54, 1.807) is 43.3 Å². The van der Waals surface area contributed by atoms with Crippen LogP contribution in [-0.4, -0.2) is 43.8 Å². The van der Waals surface area contributed by atoms with Crippen molar-refractivity contribution in [3.63, 3.8) is 0 Å². The summed E-state index contributed by atoms with van der Waals surface area (Å²) >= 11 is 6.40. The van der Waals surface area contributed by atoms with Crippen LogP contribution in [0.25, 0.3) is 0 Å². The van der Waals surface area contributed by atoms with Gasteiger partial charge in [-0.2, -0.15) is 0 Å². The van der Waals surface area contributed by atoms with Crippen LogP contribution in [0.4, 0.5) is 10.1 Å². The minimum absolute atomic E-state index is 0.00985. The molecule has 0 aromatic heterocycles. The number of amides is 2. The van der Waals surface area contributed by atoms with Crippen molar-refractivity contribution in [2.45, 2.75) is 57.1 Å². The van der Waals surface area contributed by atoms with E-state index in [1.165, 1.54) is 47.4 Å². The molecule has 0 aliphatic heterocycles. The van der Waals surface area contributed by atoms with Crippen LogP contribution >= 0.6 is 11.6 Å². The SMILES string of the molecule is CC[C@@H](C)NC(=O)[C@H](CC)N(Cc1ccc(F)cc1)C(=O)CN(c1ccccc1Cl)S(=O)(=O)c1ccccc1. The van der Waals surface area contributed by atoms with E-state index < -0.39 is 34.3 Å². The highest BCUT2D eigenvalue weighted by atomic mass is 35.5. The number of sulfonamides is 1. The standard InChI is InChI=1S/C29H33ClFN3O4S/c1-4-21(3)32-29(36)26(5-2)33(19-22-15-17-23(31)18-16-22)28(35)20-34(27-14-10-9-13-25(27)30)39(37,38)24-11-7-6-8-12-24/h6-18,21,26H,4-5,19-20H2,1-3H3,(H,32,36)/t21-,26+/m1/s1. The second-order valence-electron chi connectivity index (χ2n) is 9.17. The number of nitrogens with zero attached hydrogens (tertiary/aromatic N) is 2. The molecular weight excluding hydrogens is 541 g/mol. The molecule has 0 heterocycles. The number of anilines is 1. The average molecular weight is 574 g/mol. The molecule has 3 rings (SSSR count). The van der Waals surface area contributed by atoms with Crippen molar-refractivity contribution in [3.8, 4) is 0 Å². The second kappa shape index (κ2) is 13.6. The van der Waals surface area contributed by atoms with Gasteiger partial charge in [0.15, 0.2) is 0 Å². The van der Waals surface area contributed by atoms with Gasteiger partial charge in [-0.05, 0) is 61.7 Å². The maximum atomic E-state index is 14.0. The predicted molar refractivity (Wildman–Crippen MR) is 151 cm³/mol. The van der Waals surface area contributed by atoms with Gasteiger partial charge in [-0.25, -0.2) is 12.8 Å². The third kappa shape index (κ3) is 7.58. The molecule has 39 heavy (non-hydrogen) atoms. The minimum Gasteiger partial charge on any atom is -0.352 e. The maximum Gasteiger partial charge on any atom is 0.264 e. The highest BCUT2D eigenvalue weighted by Crippen LogP contribution is 2.30. The van der Waals surface area contributed by atoms with E-state index in [1.807, 2.05) is 13.8 Å². The van der Waals surface area contributed by atoms with Crippen molar-refractivity contribution in [3.05, 3.63) is 95.3 Å². The Kier molecular flexibility index (Phi) is 10.5. The fraction of sp³-hybridized carbons (Fsp3) is 0.310. The van der Waals surface area contributed by atoms with Crippen LogP contribution in [0.1, 0.15) is 39.2 Å². The molecule has 3 aromatic carbocycles. The first kappa shape index (κ1) is 30.1. The van der Waals surface area contributed by atoms with Crippen molar-refractivity contribution in [2.24, 2.45) is 0 Å². The Balaban J connectivity index is 2.05. The molecule has 2 amide bonds. The molecular formula is C29H33ClFN3O4S. The summed E-state index contributed by atoms with van der Waals surface area (Å²) in [6.45, 7) is 4.95. The van der Waals surface area contributed by atoms with Gasteiger partial charge >= 0.3 is 0 Å². The monoisotopic (exact) mass is 573 g/mol. The lowest BCUT2D eigenvalue weighted by Crippen LogP contribution is -2.53. The third-order valence-corrected chi connectivity index (χ3v) is 8.48. The summed E-state index contributed by atoms with van der Waals surface area (Å²) in [5, 5.41) is 3.06. The number of halogens is 2. The Morgan fingerprint density at radius 2 is 1.54 bits per heavy atom. The molecule has 0 aliphatic carbocycles. The van der Waals surface area contributed by atoms with Gasteiger partial charge in [0.2, 0.25) is 11.8 Å². The van der Waals surface area contributed by atoms with Gasteiger partial charge in [0.25, 0.3) is 10.0 Å². The summed E-state index contributed by atoms with van der Waals surface area (Å²) in [6.07, 6.45) is 0.983. The maximum absolute atomic E-state index is 14.0. The molecule has 0 saturated carbocycles. The zero-order chi connectivity index (χ0) is 28.6. The summed E-state index contributed by atoms with van der Waals surface area (Å²) in [5.74, 6) is -1.39. The van der Waals surface area contributed by atoms with Crippen molar-refractivity contribution >= 4 is 39.1 Å². The van der Waals surface area contributed by atoms with Gasteiger partial charge in [-0.1, -0.05) is 67.9 Å². The van der Waals surface area contributed by atoms with Crippen molar-refractivity contribution in [1.29, 1.82) is 0 Å². The number of rotatable bonds is 12. The Morgan fingerprint density at radius 1 is 0.923 bits per heavy atom. The Bertz CT molecular complexity index is 1370. The molecule has 208 valence electrons. The molecule has 0 aliphatic rings. The molecule has 0 fully saturated rings. The predicted octanol–water partition coefficient (Wildman–Crippen LogP) is 5.40. The lowest BCUT2D eigenvalue weighted by molar-refractivity contribution is -0.140. The molecule has 0 radical (unpaired) electrons. The first-order chi connectivity index (χ1) is 18.6. The molecule has 7 nitrogen and oxygen atoms in total. The first-order valence-corrected chi connectivity index (χ1v) is 14.6. The van der Waals surface area contributed by atoms with Crippen molar-refractivity contribution in [2.75, 3.05) is 10.8 Å². The lowest BCUT2D eigenvalue weighted by atomic mass is 10.1. The molecule has 1 N–H and O–H groups in total. The fourth-order valence-corrected chi connectivity index (χ4v) is 5.78. The van der Waals surface area contributed by atoms with Gasteiger partial charge in [-0.15, -0.1) is 0 Å². The van der Waals surface area contributed by atoms with Gasteiger partial charge in [0.05, 0.1) is 15.6 Å². The summed E-state index contributed by atoms with van der Waals surface area (Å²) in [4.78, 5) is 28.5. The van der Waals surface area contributed by atoms with Crippen LogP contribution in [0, 0.1) is 5.82 Å². The van der Waals surface area contributed by atoms with Crippen molar-refractivity contribution in [1.82, 2.24) is 10.2 Å². The van der Waals surface area contributed by atoms with Gasteiger partial charge in [0, 0.05) is 12.6 Å². The largest absolute Gasteiger partial charge is 0.352 e. The smallest absolute Gasteiger partial charge is 0.264 e. The van der Waals surface area contributed by atoms with Crippen LogP contribution in [0.2, 0.25) is 5.02 Å². The first-order valence-electron chi connectivity index (χ1n) is 12.7. The number of hydrogen-bond donors (Lipinski definition) is 1. The second-order valence-corrected chi connectivity index (χ2v) is 11.4. The van der Waals surface area contributed by atoms with E-state index in [4.69, 9.17) is 11.6 Å². The molecule has 3 aromatic rings. The van der Waals surface area contributed by atoms with Crippen LogP contribution in [0.5, 0.6) is 0 Å². The molecule has 0 unspecified atom stereocenters. The molecule has 0 spiro atoms.